The summed E-state index contributed by atoms with van der Waals surface area (Å²) in [5, 5.41) is 11.4. The van der Waals surface area contributed by atoms with E-state index in [1.165, 1.54) is 20.9 Å². The number of urea groups is 1. The zero-order valence-electron chi connectivity index (χ0n) is 11.0. The molecule has 1 aromatic rings. The van der Waals surface area contributed by atoms with Crippen molar-refractivity contribution >= 4 is 23.5 Å². The molecule has 102 valence electrons. The molecule has 1 unspecified atom stereocenters. The van der Waals surface area contributed by atoms with Gasteiger partial charge in [0.1, 0.15) is 6.04 Å². The number of nitrogens with one attached hydrogen (secondary N) is 1. The molecule has 0 aromatic heterocycles. The molecule has 1 atom stereocenters. The lowest BCUT2D eigenvalue weighted by Crippen LogP contribution is -2.42. The third-order valence-electron chi connectivity index (χ3n) is 2.80. The molecule has 0 bridgehead atoms. The Morgan fingerprint density at radius 3 is 2.16 bits per heavy atom. The van der Waals surface area contributed by atoms with Gasteiger partial charge in [-0.2, -0.15) is 0 Å². The maximum absolute atomic E-state index is 11.8. The van der Waals surface area contributed by atoms with Crippen molar-refractivity contribution in [3.05, 3.63) is 29.8 Å². The third-order valence-corrected chi connectivity index (χ3v) is 2.80. The van der Waals surface area contributed by atoms with E-state index in [0.717, 1.165) is 4.90 Å². The van der Waals surface area contributed by atoms with Gasteiger partial charge in [-0.15, -0.1) is 0 Å². The van der Waals surface area contributed by atoms with Gasteiger partial charge < -0.3 is 15.3 Å². The fraction of sp³-hybridized carbons (Fsp3) is 0.308. The number of anilines is 1. The average molecular weight is 264 g/mol. The van der Waals surface area contributed by atoms with Crippen molar-refractivity contribution in [2.75, 3.05) is 12.4 Å². The monoisotopic (exact) mass is 264 g/mol. The van der Waals surface area contributed by atoms with Gasteiger partial charge in [-0.3, -0.25) is 4.79 Å². The van der Waals surface area contributed by atoms with E-state index in [-0.39, 0.29) is 5.78 Å². The van der Waals surface area contributed by atoms with Gasteiger partial charge in [0.2, 0.25) is 0 Å². The second kappa shape index (κ2) is 5.99. The summed E-state index contributed by atoms with van der Waals surface area (Å²) < 4.78 is 0. The van der Waals surface area contributed by atoms with Gasteiger partial charge in [0.15, 0.2) is 5.78 Å². The highest BCUT2D eigenvalue weighted by Gasteiger charge is 2.21. The Morgan fingerprint density at radius 1 is 1.21 bits per heavy atom. The van der Waals surface area contributed by atoms with E-state index in [1.54, 1.807) is 24.3 Å². The SMILES string of the molecule is CC(=O)c1ccc(NC(=O)N(C)C(C)C(=O)O)cc1. The molecule has 0 aliphatic carbocycles. The maximum Gasteiger partial charge on any atom is 0.326 e. The van der Waals surface area contributed by atoms with Crippen LogP contribution in [0.25, 0.3) is 0 Å². The minimum Gasteiger partial charge on any atom is -0.480 e. The molecule has 6 nitrogen and oxygen atoms in total. The van der Waals surface area contributed by atoms with E-state index in [2.05, 4.69) is 5.32 Å². The molecule has 0 aliphatic heterocycles. The lowest BCUT2D eigenvalue weighted by Gasteiger charge is -2.21. The Hall–Kier alpha value is -2.37. The van der Waals surface area contributed by atoms with Crippen molar-refractivity contribution in [3.8, 4) is 0 Å². The number of ketones is 1. The number of nitrogens with zero attached hydrogens (tertiary/aromatic N) is 1. The smallest absolute Gasteiger partial charge is 0.326 e. The molecule has 2 amide bonds. The topological polar surface area (TPSA) is 86.7 Å². The number of hydrogen-bond acceptors (Lipinski definition) is 3. The third kappa shape index (κ3) is 3.80. The maximum atomic E-state index is 11.8. The van der Waals surface area contributed by atoms with Gasteiger partial charge >= 0.3 is 12.0 Å². The largest absolute Gasteiger partial charge is 0.480 e. The summed E-state index contributed by atoms with van der Waals surface area (Å²) in [7, 11) is 1.40. The zero-order valence-corrected chi connectivity index (χ0v) is 11.0. The first-order valence-electron chi connectivity index (χ1n) is 5.70. The molecule has 19 heavy (non-hydrogen) atoms. The Kier molecular flexibility index (Phi) is 4.63. The highest BCUT2D eigenvalue weighted by molar-refractivity contribution is 5.95. The lowest BCUT2D eigenvalue weighted by atomic mass is 10.1. The van der Waals surface area contributed by atoms with Crippen LogP contribution in [0.15, 0.2) is 24.3 Å². The number of aliphatic carboxylic acids is 1. The molecule has 0 spiro atoms. The fourth-order valence-corrected chi connectivity index (χ4v) is 1.34. The van der Waals surface area contributed by atoms with Crippen LogP contribution in [0.4, 0.5) is 10.5 Å². The summed E-state index contributed by atoms with van der Waals surface area (Å²) in [5.74, 6) is -1.14. The van der Waals surface area contributed by atoms with E-state index in [1.807, 2.05) is 0 Å². The molecule has 1 rings (SSSR count). The number of rotatable bonds is 4. The normalized spacial score (nSPS) is 11.5. The minimum absolute atomic E-state index is 0.0607. The van der Waals surface area contributed by atoms with Crippen LogP contribution in [-0.4, -0.2) is 40.9 Å². The van der Waals surface area contributed by atoms with Crippen LogP contribution >= 0.6 is 0 Å². The van der Waals surface area contributed by atoms with Crippen LogP contribution in [0.2, 0.25) is 0 Å². The number of hydrogen-bond donors (Lipinski definition) is 2. The molecular weight excluding hydrogens is 248 g/mol. The summed E-state index contributed by atoms with van der Waals surface area (Å²) in [5.41, 5.74) is 1.05. The van der Waals surface area contributed by atoms with Crippen LogP contribution in [0.5, 0.6) is 0 Å². The molecule has 0 saturated carbocycles. The van der Waals surface area contributed by atoms with Gasteiger partial charge in [0, 0.05) is 18.3 Å². The van der Waals surface area contributed by atoms with Crippen LogP contribution in [0.1, 0.15) is 24.2 Å². The van der Waals surface area contributed by atoms with Crippen molar-refractivity contribution in [1.29, 1.82) is 0 Å². The Bertz CT molecular complexity index is 496. The number of carboxylic acids is 1. The molecule has 2 N–H and O–H groups in total. The van der Waals surface area contributed by atoms with Crippen molar-refractivity contribution in [1.82, 2.24) is 4.90 Å². The number of carbonyl (C=O) groups is 3. The second-order valence-corrected chi connectivity index (χ2v) is 4.19. The number of likely N-dealkylation sites (N-methyl/N-ethyl adjacent to an activating group) is 1. The van der Waals surface area contributed by atoms with Crippen molar-refractivity contribution < 1.29 is 19.5 Å². The quantitative estimate of drug-likeness (QED) is 0.812. The highest BCUT2D eigenvalue weighted by Crippen LogP contribution is 2.11. The van der Waals surface area contributed by atoms with E-state index < -0.39 is 18.0 Å². The Balaban J connectivity index is 2.71. The summed E-state index contributed by atoms with van der Waals surface area (Å²) in [6.45, 7) is 2.87. The van der Waals surface area contributed by atoms with E-state index in [9.17, 15) is 14.4 Å². The van der Waals surface area contributed by atoms with Gasteiger partial charge in [0.05, 0.1) is 0 Å². The molecule has 0 radical (unpaired) electrons. The van der Waals surface area contributed by atoms with E-state index >= 15 is 0 Å². The molecule has 0 heterocycles. The number of amides is 2. The van der Waals surface area contributed by atoms with Crippen LogP contribution < -0.4 is 5.32 Å². The number of carboxylic acid groups (broad SMARTS) is 1. The molecule has 6 heteroatoms. The van der Waals surface area contributed by atoms with Crippen molar-refractivity contribution in [2.45, 2.75) is 19.9 Å². The fourth-order valence-electron chi connectivity index (χ4n) is 1.34. The van der Waals surface area contributed by atoms with Crippen LogP contribution in [-0.2, 0) is 4.79 Å². The number of benzene rings is 1. The molecule has 0 saturated heterocycles. The first-order valence-corrected chi connectivity index (χ1v) is 5.70. The number of carbonyl (C=O) groups excluding carboxylic acids is 2. The predicted molar refractivity (Wildman–Crippen MR) is 70.3 cm³/mol. The van der Waals surface area contributed by atoms with Crippen molar-refractivity contribution in [3.63, 3.8) is 0 Å². The lowest BCUT2D eigenvalue weighted by molar-refractivity contribution is -0.141. The summed E-state index contributed by atoms with van der Waals surface area (Å²) >= 11 is 0. The molecule has 1 aromatic carbocycles. The van der Waals surface area contributed by atoms with Gasteiger partial charge in [-0.05, 0) is 38.1 Å². The molecular formula is C13H16N2O4. The van der Waals surface area contributed by atoms with Crippen LogP contribution in [0, 0.1) is 0 Å². The highest BCUT2D eigenvalue weighted by atomic mass is 16.4. The Labute approximate surface area is 111 Å². The van der Waals surface area contributed by atoms with Gasteiger partial charge in [-0.25, -0.2) is 9.59 Å². The standard InChI is InChI=1S/C13H16N2O4/c1-8(12(17)18)15(3)13(19)14-11-6-4-10(5-7-11)9(2)16/h4-8H,1-3H3,(H,14,19)(H,17,18). The first-order chi connectivity index (χ1) is 8.82. The van der Waals surface area contributed by atoms with E-state index in [0.29, 0.717) is 11.3 Å². The minimum atomic E-state index is -1.08. The van der Waals surface area contributed by atoms with E-state index in [4.69, 9.17) is 5.11 Å². The summed E-state index contributed by atoms with van der Waals surface area (Å²) in [6.07, 6.45) is 0. The Morgan fingerprint density at radius 2 is 1.74 bits per heavy atom. The number of Topliss-reactive ketones (excluding diaryl/α,β-unsaturated/α-hetero) is 1. The second-order valence-electron chi connectivity index (χ2n) is 4.19. The van der Waals surface area contributed by atoms with Gasteiger partial charge in [-0.1, -0.05) is 0 Å². The zero-order chi connectivity index (χ0) is 14.6. The summed E-state index contributed by atoms with van der Waals surface area (Å²) in [6, 6.07) is 4.93. The molecule has 0 aliphatic rings. The predicted octanol–water partition coefficient (Wildman–Crippen LogP) is 1.83. The average Bonchev–Trinajstić information content (AvgIpc) is 2.37. The van der Waals surface area contributed by atoms with Crippen molar-refractivity contribution in [2.24, 2.45) is 0 Å². The van der Waals surface area contributed by atoms with Crippen LogP contribution in [0.3, 0.4) is 0 Å². The first kappa shape index (κ1) is 14.7. The summed E-state index contributed by atoms with van der Waals surface area (Å²) in [4.78, 5) is 34.7. The van der Waals surface area contributed by atoms with Gasteiger partial charge in [0.25, 0.3) is 0 Å². The molecule has 0 fully saturated rings.